The van der Waals surface area contributed by atoms with Gasteiger partial charge in [-0.15, -0.1) is 0 Å². The molecule has 46 heavy (non-hydrogen) atoms. The number of thioether (sulfide) groups is 1. The van der Waals surface area contributed by atoms with E-state index in [4.69, 9.17) is 34.2 Å². The predicted octanol–water partition coefficient (Wildman–Crippen LogP) is 3.57. The number of nitrogens with two attached hydrogens (primary N) is 1. The molecule has 2 bridgehead atoms. The summed E-state index contributed by atoms with van der Waals surface area (Å²) < 4.78 is 35.6. The highest BCUT2D eigenvalue weighted by molar-refractivity contribution is 8.00. The first-order valence-electron chi connectivity index (χ1n) is 15.8. The first kappa shape index (κ1) is 31.6. The molecule has 2 fully saturated rings. The quantitative estimate of drug-likeness (QED) is 0.279. The van der Waals surface area contributed by atoms with Crippen LogP contribution in [-0.2, 0) is 26.2 Å². The van der Waals surface area contributed by atoms with Crippen molar-refractivity contribution in [2.75, 3.05) is 47.7 Å². The third-order valence-electron chi connectivity index (χ3n) is 11.0. The van der Waals surface area contributed by atoms with Crippen molar-refractivity contribution in [3.8, 4) is 28.7 Å². The van der Waals surface area contributed by atoms with Crippen molar-refractivity contribution in [3.05, 3.63) is 39.4 Å². The molecular formula is C34H43N3O8S. The lowest BCUT2D eigenvalue weighted by molar-refractivity contribution is -0.133. The summed E-state index contributed by atoms with van der Waals surface area (Å²) in [4.78, 5) is 32.1. The van der Waals surface area contributed by atoms with Crippen molar-refractivity contribution in [2.45, 2.75) is 81.4 Å². The van der Waals surface area contributed by atoms with E-state index in [0.29, 0.717) is 58.1 Å². The second-order valence-corrected chi connectivity index (χ2v) is 14.5. The zero-order valence-electron chi connectivity index (χ0n) is 27.7. The molecule has 1 aliphatic carbocycles. The summed E-state index contributed by atoms with van der Waals surface area (Å²) in [6.07, 6.45) is 1.40. The summed E-state index contributed by atoms with van der Waals surface area (Å²) in [5.41, 5.74) is 10.8. The van der Waals surface area contributed by atoms with E-state index in [9.17, 15) is 9.59 Å². The fourth-order valence-electron chi connectivity index (χ4n) is 8.74. The Hall–Kier alpha value is -3.03. The third kappa shape index (κ3) is 4.19. The summed E-state index contributed by atoms with van der Waals surface area (Å²) in [6.45, 7) is 7.62. The molecular weight excluding hydrogens is 610 g/mol. The Balaban J connectivity index is 1.51. The summed E-state index contributed by atoms with van der Waals surface area (Å²) in [7, 11) is 7.58. The van der Waals surface area contributed by atoms with Crippen molar-refractivity contribution in [3.63, 3.8) is 0 Å². The van der Waals surface area contributed by atoms with E-state index < -0.39 is 17.4 Å². The molecule has 5 aliphatic heterocycles. The molecule has 7 atom stereocenters. The Labute approximate surface area is 273 Å². The number of benzene rings is 2. The van der Waals surface area contributed by atoms with Gasteiger partial charge in [-0.2, -0.15) is 11.8 Å². The number of rotatable bonds is 6. The lowest BCUT2D eigenvalue weighted by Gasteiger charge is -2.60. The lowest BCUT2D eigenvalue weighted by Crippen LogP contribution is -2.67. The fourth-order valence-corrected chi connectivity index (χ4v) is 10.4. The van der Waals surface area contributed by atoms with E-state index in [1.54, 1.807) is 26.0 Å². The Morgan fingerprint density at radius 3 is 2.54 bits per heavy atom. The number of nitrogens with zero attached hydrogens (tertiary/aromatic N) is 2. The number of methoxy groups -OCH3 is 2. The molecule has 0 saturated carbocycles. The van der Waals surface area contributed by atoms with Crippen LogP contribution in [0.4, 0.5) is 0 Å². The van der Waals surface area contributed by atoms with Gasteiger partial charge in [-0.25, -0.2) is 0 Å². The van der Waals surface area contributed by atoms with Crippen LogP contribution >= 0.6 is 11.8 Å². The minimum atomic E-state index is -1.06. The van der Waals surface area contributed by atoms with Crippen LogP contribution in [0.3, 0.4) is 0 Å². The van der Waals surface area contributed by atoms with Crippen LogP contribution in [0.5, 0.6) is 28.7 Å². The average molecular weight is 654 g/mol. The zero-order chi connectivity index (χ0) is 32.8. The van der Waals surface area contributed by atoms with E-state index in [1.165, 1.54) is 6.92 Å². The number of likely N-dealkylation sites (N-methyl/N-ethyl adjacent to an activating group) is 2. The van der Waals surface area contributed by atoms with Crippen LogP contribution in [0.1, 0.15) is 65.7 Å². The number of carbonyl (C=O) groups excluding carboxylic acids is 2. The molecule has 0 amide bonds. The fraction of sp³-hybridized carbons (Fsp3) is 0.588. The van der Waals surface area contributed by atoms with Crippen LogP contribution in [-0.4, -0.2) is 92.6 Å². The Bertz CT molecular complexity index is 1630. The van der Waals surface area contributed by atoms with E-state index in [-0.39, 0.29) is 42.7 Å². The number of hydrogen-bond donors (Lipinski definition) is 1. The van der Waals surface area contributed by atoms with Gasteiger partial charge in [0.1, 0.15) is 5.75 Å². The number of ether oxygens (including phenoxy) is 6. The number of Topliss-reactive ketones (excluding diaryl/α,β-unsaturated/α-hetero) is 1. The lowest BCUT2D eigenvalue weighted by atomic mass is 9.55. The van der Waals surface area contributed by atoms with Crippen molar-refractivity contribution in [2.24, 2.45) is 5.73 Å². The molecule has 11 nitrogen and oxygen atoms in total. The third-order valence-corrected chi connectivity index (χ3v) is 12.6. The van der Waals surface area contributed by atoms with Gasteiger partial charge in [0, 0.05) is 65.4 Å². The molecule has 1 unspecified atom stereocenters. The van der Waals surface area contributed by atoms with Crippen molar-refractivity contribution < 1.29 is 38.0 Å². The van der Waals surface area contributed by atoms with E-state index in [2.05, 4.69) is 36.9 Å². The summed E-state index contributed by atoms with van der Waals surface area (Å²) in [5, 5.41) is -0.312. The minimum Gasteiger partial charge on any atom is -0.493 e. The molecule has 2 aromatic rings. The molecule has 8 rings (SSSR count). The highest BCUT2D eigenvalue weighted by Gasteiger charge is 2.65. The number of ketones is 1. The molecule has 0 aromatic heterocycles. The SMILES string of the molecule is COCOc1c(OC)c(C)cc2c1[C@H]([C@@H]1SC[C@H](N)C(=O)[C@]13Cc1c4c(c(C)c(OC(C)=O)c13)OCO4)N(C)[C@@H](C)[C@@H]1CC2N1C. The minimum absolute atomic E-state index is 0.0379. The monoisotopic (exact) mass is 653 g/mol. The maximum Gasteiger partial charge on any atom is 0.308 e. The molecule has 248 valence electrons. The van der Waals surface area contributed by atoms with E-state index in [0.717, 1.165) is 28.7 Å². The highest BCUT2D eigenvalue weighted by atomic mass is 32.2. The Morgan fingerprint density at radius 1 is 1.13 bits per heavy atom. The smallest absolute Gasteiger partial charge is 0.308 e. The first-order valence-corrected chi connectivity index (χ1v) is 16.8. The van der Waals surface area contributed by atoms with Gasteiger partial charge in [0.25, 0.3) is 0 Å². The van der Waals surface area contributed by atoms with Crippen LogP contribution < -0.4 is 29.4 Å². The van der Waals surface area contributed by atoms with Crippen molar-refractivity contribution in [1.29, 1.82) is 0 Å². The average Bonchev–Trinajstić information content (AvgIpc) is 3.49. The maximum atomic E-state index is 14.8. The molecule has 6 aliphatic rings. The molecule has 5 heterocycles. The van der Waals surface area contributed by atoms with Crippen LogP contribution in [0.2, 0.25) is 0 Å². The van der Waals surface area contributed by atoms with Gasteiger partial charge < -0.3 is 34.2 Å². The Morgan fingerprint density at radius 2 is 1.87 bits per heavy atom. The van der Waals surface area contributed by atoms with Crippen LogP contribution in [0.25, 0.3) is 0 Å². The molecule has 12 heteroatoms. The predicted molar refractivity (Wildman–Crippen MR) is 172 cm³/mol. The summed E-state index contributed by atoms with van der Waals surface area (Å²) in [5.74, 6) is 2.76. The normalized spacial score (nSPS) is 31.3. The van der Waals surface area contributed by atoms with E-state index >= 15 is 0 Å². The zero-order valence-corrected chi connectivity index (χ0v) is 28.5. The number of hydrogen-bond acceptors (Lipinski definition) is 12. The second-order valence-electron chi connectivity index (χ2n) is 13.3. The molecule has 2 aromatic carbocycles. The van der Waals surface area contributed by atoms with Crippen LogP contribution in [0.15, 0.2) is 6.07 Å². The number of esters is 1. The molecule has 2 N–H and O–H groups in total. The maximum absolute atomic E-state index is 14.8. The van der Waals surface area contributed by atoms with Crippen molar-refractivity contribution >= 4 is 23.5 Å². The van der Waals surface area contributed by atoms with E-state index in [1.807, 2.05) is 13.8 Å². The van der Waals surface area contributed by atoms with Crippen LogP contribution in [0, 0.1) is 13.8 Å². The standard InChI is InChI=1S/C34H43N3O8S/c1-15-9-19-23-10-22(37(23)6)17(3)36(5)26(24(19)31(27(15)41-8)42-13-40-7)33-34(32(39)21(35)12-46-33)11-20-25(34)28(45-18(4)38)16(2)29-30(20)44-14-43-29/h9,17,21-23,26,33H,10-14,35H2,1-8H3/t17-,21-,22-,23?,26+,33-,34+/m0/s1. The van der Waals surface area contributed by atoms with Gasteiger partial charge in [-0.05, 0) is 58.8 Å². The number of aryl methyl sites for hydroxylation is 1. The number of fused-ring (bicyclic) bond motifs is 6. The summed E-state index contributed by atoms with van der Waals surface area (Å²) >= 11 is 1.71. The van der Waals surface area contributed by atoms with Crippen molar-refractivity contribution in [1.82, 2.24) is 9.80 Å². The van der Waals surface area contributed by atoms with Gasteiger partial charge in [0.05, 0.1) is 24.6 Å². The first-order chi connectivity index (χ1) is 22.0. The van der Waals surface area contributed by atoms with Gasteiger partial charge in [-0.1, -0.05) is 6.07 Å². The van der Waals surface area contributed by atoms with Gasteiger partial charge in [0.2, 0.25) is 6.79 Å². The van der Waals surface area contributed by atoms with Gasteiger partial charge in [0.15, 0.2) is 35.6 Å². The molecule has 2 saturated heterocycles. The molecule has 1 spiro atoms. The largest absolute Gasteiger partial charge is 0.493 e. The van der Waals surface area contributed by atoms with Gasteiger partial charge in [-0.3, -0.25) is 19.4 Å². The second kappa shape index (κ2) is 11.3. The highest BCUT2D eigenvalue weighted by Crippen LogP contribution is 2.65. The summed E-state index contributed by atoms with van der Waals surface area (Å²) in [6, 6.07) is 1.90. The number of carbonyl (C=O) groups is 2. The molecule has 0 radical (unpaired) electrons. The topological polar surface area (TPSA) is 122 Å². The van der Waals surface area contributed by atoms with Gasteiger partial charge >= 0.3 is 5.97 Å². The Kier molecular flexibility index (Phi) is 7.75.